The van der Waals surface area contributed by atoms with Crippen molar-refractivity contribution in [2.75, 3.05) is 19.0 Å². The monoisotopic (exact) mass is 212 g/mol. The van der Waals surface area contributed by atoms with Crippen LogP contribution in [0, 0.1) is 12.8 Å². The molecule has 1 aromatic rings. The highest BCUT2D eigenvalue weighted by Crippen LogP contribution is 2.19. The van der Waals surface area contributed by atoms with E-state index in [4.69, 9.17) is 9.52 Å². The van der Waals surface area contributed by atoms with Gasteiger partial charge in [0.15, 0.2) is 0 Å². The molecule has 0 aliphatic rings. The Hall–Kier alpha value is -1.52. The Kier molecular flexibility index (Phi) is 3.34. The fourth-order valence-electron chi connectivity index (χ4n) is 1.16. The van der Waals surface area contributed by atoms with Gasteiger partial charge in [-0.25, -0.2) is 0 Å². The van der Waals surface area contributed by atoms with Crippen LogP contribution in [-0.2, 0) is 11.2 Å². The molecule has 84 valence electrons. The van der Waals surface area contributed by atoms with E-state index in [1.165, 1.54) is 0 Å². The van der Waals surface area contributed by atoms with E-state index in [0.29, 0.717) is 18.2 Å². The van der Waals surface area contributed by atoms with Crippen molar-refractivity contribution >= 4 is 12.0 Å². The van der Waals surface area contributed by atoms with Gasteiger partial charge in [0.1, 0.15) is 5.76 Å². The first-order valence-electron chi connectivity index (χ1n) is 4.78. The summed E-state index contributed by atoms with van der Waals surface area (Å²) in [6.45, 7) is 3.47. The summed E-state index contributed by atoms with van der Waals surface area (Å²) in [6, 6.07) is 0.514. The van der Waals surface area contributed by atoms with Crippen molar-refractivity contribution in [2.45, 2.75) is 20.3 Å². The average Bonchev–Trinajstić information content (AvgIpc) is 2.47. The largest absolute Gasteiger partial charge is 0.481 e. The van der Waals surface area contributed by atoms with E-state index < -0.39 is 11.9 Å². The molecule has 0 aliphatic heterocycles. The number of nitrogens with zero attached hydrogens (tertiary/aromatic N) is 2. The number of carbonyl (C=O) groups is 1. The molecular weight excluding hydrogens is 196 g/mol. The molecule has 0 radical (unpaired) electrons. The Labute approximate surface area is 88.7 Å². The number of aliphatic carboxylic acids is 1. The number of carboxylic acids is 1. The molecule has 0 aliphatic carbocycles. The molecule has 0 aromatic carbocycles. The van der Waals surface area contributed by atoms with Crippen molar-refractivity contribution in [1.29, 1.82) is 0 Å². The van der Waals surface area contributed by atoms with Crippen LogP contribution in [0.1, 0.15) is 18.4 Å². The first-order valence-corrected chi connectivity index (χ1v) is 4.78. The van der Waals surface area contributed by atoms with Crippen LogP contribution in [0.25, 0.3) is 0 Å². The fraction of sp³-hybridized carbons (Fsp3) is 0.600. The van der Waals surface area contributed by atoms with Crippen molar-refractivity contribution in [1.82, 2.24) is 4.98 Å². The standard InChI is InChI=1S/C10H16N2O3/c1-6(9(13)14)5-8-7(2)11-10(15-8)12(3)4/h6H,5H2,1-4H3,(H,13,14). The predicted octanol–water partition coefficient (Wildman–Crippen LogP) is 1.31. The Balaban J connectivity index is 2.81. The lowest BCUT2D eigenvalue weighted by Crippen LogP contribution is -2.12. The summed E-state index contributed by atoms with van der Waals surface area (Å²) in [4.78, 5) is 16.6. The number of carboxylic acid groups (broad SMARTS) is 1. The highest BCUT2D eigenvalue weighted by molar-refractivity contribution is 5.69. The van der Waals surface area contributed by atoms with E-state index in [1.54, 1.807) is 11.8 Å². The third kappa shape index (κ3) is 2.71. The van der Waals surface area contributed by atoms with Crippen molar-refractivity contribution < 1.29 is 14.3 Å². The van der Waals surface area contributed by atoms with Gasteiger partial charge >= 0.3 is 5.97 Å². The molecule has 1 heterocycles. The molecule has 1 rings (SSSR count). The molecule has 0 saturated heterocycles. The zero-order valence-electron chi connectivity index (χ0n) is 9.44. The minimum absolute atomic E-state index is 0.377. The summed E-state index contributed by atoms with van der Waals surface area (Å²) in [5.41, 5.74) is 0.756. The lowest BCUT2D eigenvalue weighted by Gasteiger charge is -2.05. The minimum atomic E-state index is -0.822. The van der Waals surface area contributed by atoms with Crippen LogP contribution >= 0.6 is 0 Å². The van der Waals surface area contributed by atoms with Crippen LogP contribution < -0.4 is 4.90 Å². The maximum Gasteiger partial charge on any atom is 0.306 e. The summed E-state index contributed by atoms with van der Waals surface area (Å²) < 4.78 is 5.45. The zero-order chi connectivity index (χ0) is 11.6. The van der Waals surface area contributed by atoms with Crippen LogP contribution in [0.2, 0.25) is 0 Å². The molecule has 1 unspecified atom stereocenters. The second kappa shape index (κ2) is 4.33. The van der Waals surface area contributed by atoms with Gasteiger partial charge in [0.25, 0.3) is 6.01 Å². The molecule has 0 spiro atoms. The molecule has 0 saturated carbocycles. The summed E-state index contributed by atoms with van der Waals surface area (Å²) in [5, 5.41) is 8.78. The number of aromatic nitrogens is 1. The maximum atomic E-state index is 10.7. The number of hydrogen-bond donors (Lipinski definition) is 1. The topological polar surface area (TPSA) is 66.6 Å². The third-order valence-corrected chi connectivity index (χ3v) is 2.18. The highest BCUT2D eigenvalue weighted by Gasteiger charge is 2.18. The van der Waals surface area contributed by atoms with Crippen molar-refractivity contribution in [3.8, 4) is 0 Å². The molecule has 5 nitrogen and oxygen atoms in total. The molecule has 0 bridgehead atoms. The van der Waals surface area contributed by atoms with Gasteiger partial charge in [-0.3, -0.25) is 4.79 Å². The number of hydrogen-bond acceptors (Lipinski definition) is 4. The van der Waals surface area contributed by atoms with E-state index in [2.05, 4.69) is 4.98 Å². The first kappa shape index (κ1) is 11.6. The Morgan fingerprint density at radius 3 is 2.60 bits per heavy atom. The third-order valence-electron chi connectivity index (χ3n) is 2.18. The molecule has 5 heteroatoms. The van der Waals surface area contributed by atoms with Crippen LogP contribution in [0.15, 0.2) is 4.42 Å². The predicted molar refractivity (Wildman–Crippen MR) is 56.1 cm³/mol. The first-order chi connectivity index (χ1) is 6.91. The lowest BCUT2D eigenvalue weighted by molar-refractivity contribution is -0.141. The normalized spacial score (nSPS) is 12.5. The van der Waals surface area contributed by atoms with E-state index in [1.807, 2.05) is 21.0 Å². The SMILES string of the molecule is Cc1nc(N(C)C)oc1CC(C)C(=O)O. The average molecular weight is 212 g/mol. The zero-order valence-corrected chi connectivity index (χ0v) is 9.44. The van der Waals surface area contributed by atoms with Crippen molar-refractivity contribution in [2.24, 2.45) is 5.92 Å². The number of aryl methyl sites for hydroxylation is 1. The lowest BCUT2D eigenvalue weighted by atomic mass is 10.1. The van der Waals surface area contributed by atoms with E-state index in [9.17, 15) is 4.79 Å². The van der Waals surface area contributed by atoms with Gasteiger partial charge < -0.3 is 14.4 Å². The molecule has 1 N–H and O–H groups in total. The Morgan fingerprint density at radius 1 is 1.60 bits per heavy atom. The van der Waals surface area contributed by atoms with E-state index in [-0.39, 0.29) is 0 Å². The molecule has 0 amide bonds. The van der Waals surface area contributed by atoms with E-state index >= 15 is 0 Å². The smallest absolute Gasteiger partial charge is 0.306 e. The van der Waals surface area contributed by atoms with Gasteiger partial charge in [-0.2, -0.15) is 4.98 Å². The summed E-state index contributed by atoms with van der Waals surface area (Å²) in [5.74, 6) is -0.627. The van der Waals surface area contributed by atoms with Crippen LogP contribution in [0.5, 0.6) is 0 Å². The summed E-state index contributed by atoms with van der Waals surface area (Å²) >= 11 is 0. The van der Waals surface area contributed by atoms with Crippen LogP contribution in [0.3, 0.4) is 0 Å². The van der Waals surface area contributed by atoms with Gasteiger partial charge in [0.2, 0.25) is 0 Å². The van der Waals surface area contributed by atoms with Crippen LogP contribution in [0.4, 0.5) is 6.01 Å². The maximum absolute atomic E-state index is 10.7. The van der Waals surface area contributed by atoms with Gasteiger partial charge in [0.05, 0.1) is 11.6 Å². The molecule has 0 fully saturated rings. The fourth-order valence-corrected chi connectivity index (χ4v) is 1.16. The molecule has 15 heavy (non-hydrogen) atoms. The van der Waals surface area contributed by atoms with Gasteiger partial charge in [-0.15, -0.1) is 0 Å². The van der Waals surface area contributed by atoms with Crippen LogP contribution in [-0.4, -0.2) is 30.2 Å². The van der Waals surface area contributed by atoms with Crippen molar-refractivity contribution in [3.05, 3.63) is 11.5 Å². The quantitative estimate of drug-likeness (QED) is 0.815. The minimum Gasteiger partial charge on any atom is -0.481 e. The van der Waals surface area contributed by atoms with E-state index in [0.717, 1.165) is 5.69 Å². The number of rotatable bonds is 4. The Morgan fingerprint density at radius 2 is 2.20 bits per heavy atom. The number of oxazole rings is 1. The summed E-state index contributed by atoms with van der Waals surface area (Å²) in [6.07, 6.45) is 0.377. The second-order valence-corrected chi connectivity index (χ2v) is 3.84. The molecular formula is C10H16N2O3. The van der Waals surface area contributed by atoms with Gasteiger partial charge in [-0.05, 0) is 6.92 Å². The van der Waals surface area contributed by atoms with Crippen molar-refractivity contribution in [3.63, 3.8) is 0 Å². The number of anilines is 1. The van der Waals surface area contributed by atoms with Gasteiger partial charge in [0, 0.05) is 20.5 Å². The molecule has 1 aromatic heterocycles. The highest BCUT2D eigenvalue weighted by atomic mass is 16.4. The molecule has 1 atom stereocenters. The van der Waals surface area contributed by atoms with Gasteiger partial charge in [-0.1, -0.05) is 6.92 Å². The summed E-state index contributed by atoms with van der Waals surface area (Å²) in [7, 11) is 3.66. The Bertz CT molecular complexity index is 358. The second-order valence-electron chi connectivity index (χ2n) is 3.84.